The molecule has 14 nitrogen and oxygen atoms in total. The SMILES string of the molecule is COCC(C#N)NC1CC(O[C@H]2C[C@](O)(C(=O)CO)Cc3c(O)c4c(c(O)c32)C(=O)c2c(OC)cccc2C4=O)OC(C)C1O. The summed E-state index contributed by atoms with van der Waals surface area (Å²) in [7, 11) is 2.73. The van der Waals surface area contributed by atoms with Crippen LogP contribution >= 0.6 is 0 Å². The number of carbonyl (C=O) groups is 3. The van der Waals surface area contributed by atoms with Gasteiger partial charge in [0.05, 0.1) is 54.8 Å². The highest BCUT2D eigenvalue weighted by Crippen LogP contribution is 2.52. The number of hydrogen-bond acceptors (Lipinski definition) is 14. The molecule has 7 atom stereocenters. The van der Waals surface area contributed by atoms with Crippen LogP contribution in [0.15, 0.2) is 18.2 Å². The minimum atomic E-state index is -2.30. The largest absolute Gasteiger partial charge is 0.507 e. The van der Waals surface area contributed by atoms with Gasteiger partial charge in [-0.15, -0.1) is 0 Å². The number of phenolic OH excluding ortho intramolecular Hbond substituents is 2. The van der Waals surface area contributed by atoms with Gasteiger partial charge in [-0.05, 0) is 13.0 Å². The molecule has 0 aromatic heterocycles. The minimum absolute atomic E-state index is 0.0334. The van der Waals surface area contributed by atoms with E-state index in [4.69, 9.17) is 18.9 Å². The molecule has 2 aromatic carbocycles. The van der Waals surface area contributed by atoms with Crippen molar-refractivity contribution >= 4 is 17.3 Å². The lowest BCUT2D eigenvalue weighted by atomic mass is 9.72. The molecule has 0 bridgehead atoms. The van der Waals surface area contributed by atoms with Gasteiger partial charge in [0, 0.05) is 49.1 Å². The zero-order valence-corrected chi connectivity index (χ0v) is 24.8. The van der Waals surface area contributed by atoms with E-state index in [1.807, 2.05) is 6.07 Å². The molecule has 2 aliphatic carbocycles. The predicted octanol–water partition coefficient (Wildman–Crippen LogP) is 0.171. The van der Waals surface area contributed by atoms with Crippen molar-refractivity contribution in [3.63, 3.8) is 0 Å². The van der Waals surface area contributed by atoms with Gasteiger partial charge in [0.15, 0.2) is 17.9 Å². The summed E-state index contributed by atoms with van der Waals surface area (Å²) in [6.07, 6.45) is -5.61. The van der Waals surface area contributed by atoms with Crippen molar-refractivity contribution < 1.29 is 58.9 Å². The van der Waals surface area contributed by atoms with Crippen molar-refractivity contribution in [3.8, 4) is 23.3 Å². The first-order valence-electron chi connectivity index (χ1n) is 14.3. The van der Waals surface area contributed by atoms with Gasteiger partial charge in [0.25, 0.3) is 0 Å². The number of fused-ring (bicyclic) bond motifs is 3. The number of ketones is 3. The van der Waals surface area contributed by atoms with E-state index in [2.05, 4.69) is 5.32 Å². The average Bonchev–Trinajstić information content (AvgIpc) is 3.02. The molecule has 0 amide bonds. The number of aliphatic hydroxyl groups excluding tert-OH is 2. The first kappa shape index (κ1) is 32.5. The van der Waals surface area contributed by atoms with Crippen molar-refractivity contribution in [2.24, 2.45) is 0 Å². The Bertz CT molecular complexity index is 1590. The zero-order valence-electron chi connectivity index (χ0n) is 24.8. The number of benzene rings is 2. The van der Waals surface area contributed by atoms with Gasteiger partial charge in [-0.1, -0.05) is 12.1 Å². The molecule has 5 rings (SSSR count). The monoisotopic (exact) mass is 626 g/mol. The third-order valence-corrected chi connectivity index (χ3v) is 8.67. The Morgan fingerprint density at radius 1 is 1.18 bits per heavy atom. The molecule has 2 aromatic rings. The van der Waals surface area contributed by atoms with Crippen LogP contribution in [0.25, 0.3) is 0 Å². The van der Waals surface area contributed by atoms with Crippen molar-refractivity contribution in [3.05, 3.63) is 51.6 Å². The van der Waals surface area contributed by atoms with Crippen LogP contribution in [-0.2, 0) is 25.4 Å². The first-order chi connectivity index (χ1) is 21.4. The number of methoxy groups -OCH3 is 2. The summed E-state index contributed by atoms with van der Waals surface area (Å²) >= 11 is 0. The number of Topliss-reactive ketones (excluding diaryl/α,β-unsaturated/α-hetero) is 1. The number of nitrogens with one attached hydrogen (secondary N) is 1. The van der Waals surface area contributed by atoms with Gasteiger partial charge in [-0.25, -0.2) is 0 Å². The number of ether oxygens (including phenoxy) is 4. The molecule has 5 unspecified atom stereocenters. The fourth-order valence-corrected chi connectivity index (χ4v) is 6.43. The van der Waals surface area contributed by atoms with Gasteiger partial charge in [0.2, 0.25) is 5.78 Å². The van der Waals surface area contributed by atoms with Crippen LogP contribution in [-0.4, -0.2) is 106 Å². The predicted molar refractivity (Wildman–Crippen MR) is 152 cm³/mol. The van der Waals surface area contributed by atoms with Gasteiger partial charge in [0.1, 0.15) is 35.5 Å². The molecule has 45 heavy (non-hydrogen) atoms. The first-order valence-corrected chi connectivity index (χ1v) is 14.3. The number of aliphatic hydroxyl groups is 3. The smallest absolute Gasteiger partial charge is 0.202 e. The van der Waals surface area contributed by atoms with Crippen molar-refractivity contribution in [1.29, 1.82) is 5.26 Å². The molecule has 6 N–H and O–H groups in total. The highest BCUT2D eigenvalue weighted by molar-refractivity contribution is 6.31. The second-order valence-corrected chi connectivity index (χ2v) is 11.4. The van der Waals surface area contributed by atoms with Crippen LogP contribution in [0.2, 0.25) is 0 Å². The molecule has 1 saturated heterocycles. The maximum absolute atomic E-state index is 13.8. The summed E-state index contributed by atoms with van der Waals surface area (Å²) in [5.74, 6) is -3.93. The fourth-order valence-electron chi connectivity index (χ4n) is 6.43. The Hall–Kier alpha value is -3.94. The van der Waals surface area contributed by atoms with Crippen LogP contribution in [0.1, 0.15) is 68.8 Å². The molecular weight excluding hydrogens is 592 g/mol. The maximum Gasteiger partial charge on any atom is 0.202 e. The molecular formula is C31H34N2O12. The van der Waals surface area contributed by atoms with Gasteiger partial charge >= 0.3 is 0 Å². The Morgan fingerprint density at radius 2 is 1.89 bits per heavy atom. The lowest BCUT2D eigenvalue weighted by molar-refractivity contribution is -0.250. The molecule has 14 heteroatoms. The van der Waals surface area contributed by atoms with Crippen LogP contribution < -0.4 is 10.1 Å². The van der Waals surface area contributed by atoms with Crippen LogP contribution in [0, 0.1) is 11.3 Å². The second kappa shape index (κ2) is 12.5. The lowest BCUT2D eigenvalue weighted by Gasteiger charge is -2.43. The third-order valence-electron chi connectivity index (χ3n) is 8.67. The number of aromatic hydroxyl groups is 2. The second-order valence-electron chi connectivity index (χ2n) is 11.4. The number of nitrogens with zero attached hydrogens (tertiary/aromatic N) is 1. The van der Waals surface area contributed by atoms with Gasteiger partial charge in [-0.3, -0.25) is 19.7 Å². The van der Waals surface area contributed by atoms with Crippen LogP contribution in [0.4, 0.5) is 0 Å². The van der Waals surface area contributed by atoms with Crippen molar-refractivity contribution in [2.45, 2.75) is 68.5 Å². The van der Waals surface area contributed by atoms with Crippen molar-refractivity contribution in [2.75, 3.05) is 27.4 Å². The van der Waals surface area contributed by atoms with Crippen molar-refractivity contribution in [1.82, 2.24) is 5.32 Å². The van der Waals surface area contributed by atoms with Crippen LogP contribution in [0.5, 0.6) is 17.2 Å². The van der Waals surface area contributed by atoms with E-state index >= 15 is 0 Å². The van der Waals surface area contributed by atoms with E-state index in [9.17, 15) is 45.2 Å². The Kier molecular flexibility index (Phi) is 8.98. The zero-order chi connectivity index (χ0) is 32.8. The third kappa shape index (κ3) is 5.46. The van der Waals surface area contributed by atoms with E-state index in [0.29, 0.717) is 0 Å². The normalized spacial score (nSPS) is 28.0. The summed E-state index contributed by atoms with van der Waals surface area (Å²) in [6.45, 7) is 0.554. The fraction of sp³-hybridized carbons (Fsp3) is 0.484. The molecule has 0 spiro atoms. The highest BCUT2D eigenvalue weighted by Gasteiger charge is 2.50. The molecule has 3 aliphatic rings. The van der Waals surface area contributed by atoms with Gasteiger partial charge in [-0.2, -0.15) is 5.26 Å². The average molecular weight is 627 g/mol. The van der Waals surface area contributed by atoms with E-state index in [1.165, 1.54) is 32.4 Å². The number of phenols is 2. The molecule has 240 valence electrons. The van der Waals surface area contributed by atoms with E-state index in [0.717, 1.165) is 0 Å². The van der Waals surface area contributed by atoms with E-state index < -0.39 is 102 Å². The maximum atomic E-state index is 13.8. The Balaban J connectivity index is 1.60. The Morgan fingerprint density at radius 3 is 2.53 bits per heavy atom. The van der Waals surface area contributed by atoms with E-state index in [1.54, 1.807) is 6.92 Å². The summed E-state index contributed by atoms with van der Waals surface area (Å²) in [6, 6.07) is 4.87. The van der Waals surface area contributed by atoms with Gasteiger partial charge < -0.3 is 44.5 Å². The number of carbonyl (C=O) groups excluding carboxylic acids is 3. The molecule has 0 radical (unpaired) electrons. The molecule has 1 aliphatic heterocycles. The Labute approximate surface area is 257 Å². The topological polar surface area (TPSA) is 225 Å². The summed E-state index contributed by atoms with van der Waals surface area (Å²) in [5.41, 5.74) is -3.85. The molecule has 1 fully saturated rings. The summed E-state index contributed by atoms with van der Waals surface area (Å²) in [4.78, 5) is 40.2. The lowest BCUT2D eigenvalue weighted by Crippen LogP contribution is -2.57. The van der Waals surface area contributed by atoms with Crippen LogP contribution in [0.3, 0.4) is 0 Å². The number of nitriles is 1. The molecule has 0 saturated carbocycles. The standard InChI is InChI=1S/C31H34N2O12/c1-13-26(36)17(33-14(10-32)12-42-2)7-21(44-13)45-19-9-31(41,20(35)11-34)8-16-23(19)30(40)25-24(28(16)38)27(37)15-5-4-6-18(43-3)22(15)29(25)39/h4-6,13-14,17,19,21,26,33-34,36,38,40-41H,7-9,11-12H2,1-3H3/t13?,14?,17?,19-,21?,26?,31-/m0/s1. The van der Waals surface area contributed by atoms with E-state index in [-0.39, 0.29) is 41.0 Å². The highest BCUT2D eigenvalue weighted by atomic mass is 16.7. The minimum Gasteiger partial charge on any atom is -0.507 e. The number of hydrogen-bond donors (Lipinski definition) is 6. The quantitative estimate of drug-likeness (QED) is 0.174. The number of rotatable bonds is 9. The summed E-state index contributed by atoms with van der Waals surface area (Å²) < 4.78 is 22.4. The molecule has 1 heterocycles. The summed E-state index contributed by atoms with van der Waals surface area (Å²) in [5, 5.41) is 67.4.